The molecule has 4 aromatic carbocycles. The smallest absolute Gasteiger partial charge is 0.339 e. The maximum absolute atomic E-state index is 13.0. The maximum atomic E-state index is 13.0. The molecule has 0 radical (unpaired) electrons. The number of rotatable bonds is 3. The predicted molar refractivity (Wildman–Crippen MR) is 97.0 cm³/mol. The van der Waals surface area contributed by atoms with Crippen molar-refractivity contribution in [3.63, 3.8) is 0 Å². The number of carbonyl (C=O) groups excluding carboxylic acids is 1. The number of esters is 1. The molecule has 0 bridgehead atoms. The number of halogens is 1. The first kappa shape index (κ1) is 15.3. The van der Waals surface area contributed by atoms with Crippen LogP contribution >= 0.6 is 0 Å². The standard InChI is InChI=1S/C22H15FO2/c23-18-11-9-15(10-12-18)14-25-22(24)21-19-7-3-1-5-16(19)13-17-6-2-4-8-20(17)21/h1-13H,14H2. The fraction of sp³-hybridized carbons (Fsp3) is 0.0455. The molecule has 3 heteroatoms. The van der Waals surface area contributed by atoms with Crippen LogP contribution in [0.3, 0.4) is 0 Å². The van der Waals surface area contributed by atoms with E-state index in [1.165, 1.54) is 12.1 Å². The molecular weight excluding hydrogens is 315 g/mol. The summed E-state index contributed by atoms with van der Waals surface area (Å²) < 4.78 is 18.5. The first-order chi connectivity index (χ1) is 12.2. The first-order valence-electron chi connectivity index (χ1n) is 8.04. The molecule has 0 aliphatic heterocycles. The van der Waals surface area contributed by atoms with E-state index < -0.39 is 0 Å². The van der Waals surface area contributed by atoms with Gasteiger partial charge in [0.15, 0.2) is 0 Å². The Hall–Kier alpha value is -3.20. The minimum Gasteiger partial charge on any atom is -0.457 e. The summed E-state index contributed by atoms with van der Waals surface area (Å²) in [5, 5.41) is 3.72. The first-order valence-corrected chi connectivity index (χ1v) is 8.04. The fourth-order valence-electron chi connectivity index (χ4n) is 3.04. The Balaban J connectivity index is 1.75. The second-order valence-electron chi connectivity index (χ2n) is 5.90. The van der Waals surface area contributed by atoms with Gasteiger partial charge < -0.3 is 4.74 Å². The molecule has 0 amide bonds. The molecule has 0 N–H and O–H groups in total. The average molecular weight is 330 g/mol. The third-order valence-electron chi connectivity index (χ3n) is 4.26. The molecule has 0 aliphatic rings. The van der Waals surface area contributed by atoms with Crippen LogP contribution in [0.15, 0.2) is 78.9 Å². The van der Waals surface area contributed by atoms with Crippen LogP contribution in [0.4, 0.5) is 4.39 Å². The van der Waals surface area contributed by atoms with Gasteiger partial charge in [0.25, 0.3) is 0 Å². The molecule has 0 saturated carbocycles. The second-order valence-corrected chi connectivity index (χ2v) is 5.90. The van der Waals surface area contributed by atoms with Gasteiger partial charge in [0.1, 0.15) is 12.4 Å². The van der Waals surface area contributed by atoms with Crippen molar-refractivity contribution in [3.8, 4) is 0 Å². The molecule has 0 heterocycles. The number of hydrogen-bond acceptors (Lipinski definition) is 2. The Labute approximate surface area is 144 Å². The molecule has 122 valence electrons. The summed E-state index contributed by atoms with van der Waals surface area (Å²) in [6.07, 6.45) is 0. The fourth-order valence-corrected chi connectivity index (χ4v) is 3.04. The molecule has 0 aliphatic carbocycles. The van der Waals surface area contributed by atoms with Crippen LogP contribution in [0.5, 0.6) is 0 Å². The van der Waals surface area contributed by atoms with E-state index in [1.54, 1.807) is 12.1 Å². The highest BCUT2D eigenvalue weighted by Crippen LogP contribution is 2.29. The number of hydrogen-bond donors (Lipinski definition) is 0. The number of benzene rings is 4. The lowest BCUT2D eigenvalue weighted by atomic mass is 9.97. The van der Waals surface area contributed by atoms with Crippen LogP contribution in [0.25, 0.3) is 21.5 Å². The highest BCUT2D eigenvalue weighted by Gasteiger charge is 2.16. The number of carbonyl (C=O) groups is 1. The van der Waals surface area contributed by atoms with Crippen molar-refractivity contribution < 1.29 is 13.9 Å². The van der Waals surface area contributed by atoms with E-state index in [1.807, 2.05) is 48.5 Å². The largest absolute Gasteiger partial charge is 0.457 e. The normalized spacial score (nSPS) is 10.9. The number of fused-ring (bicyclic) bond motifs is 2. The minimum atomic E-state index is -0.377. The SMILES string of the molecule is O=C(OCc1ccc(F)cc1)c1c2ccccc2cc2ccccc12. The summed E-state index contributed by atoms with van der Waals surface area (Å²) in [7, 11) is 0. The predicted octanol–water partition coefficient (Wildman–Crippen LogP) is 5.49. The van der Waals surface area contributed by atoms with Crippen molar-refractivity contribution in [2.75, 3.05) is 0 Å². The molecule has 4 aromatic rings. The van der Waals surface area contributed by atoms with Gasteiger partial charge in [-0.1, -0.05) is 60.7 Å². The number of ether oxygens (including phenoxy) is 1. The van der Waals surface area contributed by atoms with E-state index in [9.17, 15) is 9.18 Å². The van der Waals surface area contributed by atoms with Crippen molar-refractivity contribution in [1.29, 1.82) is 0 Å². The third-order valence-corrected chi connectivity index (χ3v) is 4.26. The van der Waals surface area contributed by atoms with Gasteiger partial charge in [0.2, 0.25) is 0 Å². The second kappa shape index (κ2) is 6.36. The lowest BCUT2D eigenvalue weighted by Gasteiger charge is -2.11. The van der Waals surface area contributed by atoms with Crippen LogP contribution < -0.4 is 0 Å². The molecule has 0 saturated heterocycles. The summed E-state index contributed by atoms with van der Waals surface area (Å²) in [6.45, 7) is 0.108. The van der Waals surface area contributed by atoms with Crippen LogP contribution in [-0.4, -0.2) is 5.97 Å². The highest BCUT2D eigenvalue weighted by molar-refractivity contribution is 6.16. The quantitative estimate of drug-likeness (QED) is 0.367. The maximum Gasteiger partial charge on any atom is 0.339 e. The van der Waals surface area contributed by atoms with Crippen molar-refractivity contribution >= 4 is 27.5 Å². The summed E-state index contributed by atoms with van der Waals surface area (Å²) in [5.74, 6) is -0.688. The summed E-state index contributed by atoms with van der Waals surface area (Å²) in [5.41, 5.74) is 1.31. The van der Waals surface area contributed by atoms with Crippen molar-refractivity contribution in [2.45, 2.75) is 6.61 Å². The Morgan fingerprint density at radius 2 is 1.36 bits per heavy atom. The molecule has 0 fully saturated rings. The Morgan fingerprint density at radius 1 is 0.800 bits per heavy atom. The van der Waals surface area contributed by atoms with Crippen LogP contribution in [-0.2, 0) is 11.3 Å². The van der Waals surface area contributed by atoms with Gasteiger partial charge in [-0.2, -0.15) is 0 Å². The summed E-state index contributed by atoms with van der Waals surface area (Å²) in [4.78, 5) is 12.8. The zero-order valence-electron chi connectivity index (χ0n) is 13.4. The molecule has 25 heavy (non-hydrogen) atoms. The van der Waals surface area contributed by atoms with E-state index in [-0.39, 0.29) is 18.4 Å². The topological polar surface area (TPSA) is 26.3 Å². The van der Waals surface area contributed by atoms with E-state index in [4.69, 9.17) is 4.74 Å². The zero-order chi connectivity index (χ0) is 17.2. The monoisotopic (exact) mass is 330 g/mol. The van der Waals surface area contributed by atoms with Gasteiger partial charge >= 0.3 is 5.97 Å². The van der Waals surface area contributed by atoms with Crippen LogP contribution in [0, 0.1) is 5.82 Å². The van der Waals surface area contributed by atoms with Crippen LogP contribution in [0.2, 0.25) is 0 Å². The molecule has 4 rings (SSSR count). The third kappa shape index (κ3) is 2.96. The van der Waals surface area contributed by atoms with Crippen LogP contribution in [0.1, 0.15) is 15.9 Å². The molecule has 0 unspecified atom stereocenters. The van der Waals surface area contributed by atoms with E-state index in [0.717, 1.165) is 27.1 Å². The summed E-state index contributed by atoms with van der Waals surface area (Å²) >= 11 is 0. The molecule has 2 nitrogen and oxygen atoms in total. The summed E-state index contributed by atoms with van der Waals surface area (Å²) in [6, 6.07) is 23.6. The zero-order valence-corrected chi connectivity index (χ0v) is 13.4. The average Bonchev–Trinajstić information content (AvgIpc) is 2.65. The van der Waals surface area contributed by atoms with Gasteiger partial charge in [0.05, 0.1) is 5.56 Å². The Morgan fingerprint density at radius 3 is 1.96 bits per heavy atom. The van der Waals surface area contributed by atoms with Gasteiger partial charge in [-0.05, 0) is 45.3 Å². The van der Waals surface area contributed by atoms with Gasteiger partial charge in [-0.25, -0.2) is 9.18 Å². The molecular formula is C22H15FO2. The molecule has 0 aromatic heterocycles. The molecule has 0 spiro atoms. The van der Waals surface area contributed by atoms with Crippen molar-refractivity contribution in [3.05, 3.63) is 95.8 Å². The van der Waals surface area contributed by atoms with Crippen molar-refractivity contribution in [2.24, 2.45) is 0 Å². The van der Waals surface area contributed by atoms with Crippen molar-refractivity contribution in [1.82, 2.24) is 0 Å². The lowest BCUT2D eigenvalue weighted by Crippen LogP contribution is -2.07. The van der Waals surface area contributed by atoms with Gasteiger partial charge in [-0.15, -0.1) is 0 Å². The van der Waals surface area contributed by atoms with E-state index >= 15 is 0 Å². The van der Waals surface area contributed by atoms with E-state index in [2.05, 4.69) is 6.07 Å². The van der Waals surface area contributed by atoms with Gasteiger partial charge in [-0.3, -0.25) is 0 Å². The Bertz CT molecular complexity index is 1010. The minimum absolute atomic E-state index is 0.108. The lowest BCUT2D eigenvalue weighted by molar-refractivity contribution is 0.0477. The Kier molecular flexibility index (Phi) is 3.90. The van der Waals surface area contributed by atoms with Gasteiger partial charge in [0, 0.05) is 0 Å². The molecule has 0 atom stereocenters. The van der Waals surface area contributed by atoms with E-state index in [0.29, 0.717) is 5.56 Å². The highest BCUT2D eigenvalue weighted by atomic mass is 19.1.